The Labute approximate surface area is 92.5 Å². The first-order valence-corrected chi connectivity index (χ1v) is 5.10. The van der Waals surface area contributed by atoms with Crippen molar-refractivity contribution < 1.29 is 5.11 Å². The topological polar surface area (TPSA) is 70.1 Å². The van der Waals surface area contributed by atoms with E-state index in [1.807, 2.05) is 13.8 Å². The molecule has 0 radical (unpaired) electrons. The molecule has 0 saturated heterocycles. The van der Waals surface area contributed by atoms with E-state index in [2.05, 4.69) is 6.58 Å². The summed E-state index contributed by atoms with van der Waals surface area (Å²) in [4.78, 5) is 0. The van der Waals surface area contributed by atoms with Crippen molar-refractivity contribution in [2.75, 3.05) is 6.61 Å². The highest BCUT2D eigenvalue weighted by Crippen LogP contribution is 2.08. The molecule has 15 heavy (non-hydrogen) atoms. The molecule has 4 N–H and O–H groups in total. The maximum atomic E-state index is 8.65. The third-order valence-corrected chi connectivity index (χ3v) is 1.59. The molecule has 0 fully saturated rings. The number of allylic oxidation sites excluding steroid dienone is 4. The molecule has 0 bridgehead atoms. The lowest BCUT2D eigenvalue weighted by Gasteiger charge is -2.07. The van der Waals surface area contributed by atoms with Crippen molar-refractivity contribution in [2.24, 2.45) is 5.73 Å². The monoisotopic (exact) mass is 210 g/mol. The minimum atomic E-state index is -0.0374. The fourth-order valence-electron chi connectivity index (χ4n) is 0.891. The number of aliphatic hydroxyl groups excluding tert-OH is 1. The number of nitrogens with two attached hydrogens (primary N) is 1. The molecule has 0 amide bonds. The van der Waals surface area contributed by atoms with E-state index in [-0.39, 0.29) is 6.61 Å². The smallest absolute Gasteiger partial charge is 0.0486 e. The van der Waals surface area contributed by atoms with E-state index < -0.39 is 0 Å². The Balaban J connectivity index is 0. The Morgan fingerprint density at radius 3 is 2.33 bits per heavy atom. The summed E-state index contributed by atoms with van der Waals surface area (Å²) < 4.78 is 0. The summed E-state index contributed by atoms with van der Waals surface area (Å²) in [6.45, 7) is 9.31. The summed E-state index contributed by atoms with van der Waals surface area (Å²) in [7, 11) is 0. The van der Waals surface area contributed by atoms with Crippen LogP contribution in [0.1, 0.15) is 27.2 Å². The number of aliphatic hydroxyl groups is 1. The van der Waals surface area contributed by atoms with Crippen LogP contribution in [-0.4, -0.2) is 17.4 Å². The Morgan fingerprint density at radius 2 is 2.00 bits per heavy atom. The number of hydrogen-bond donors (Lipinski definition) is 3. The van der Waals surface area contributed by atoms with Crippen LogP contribution in [0, 0.1) is 5.41 Å². The molecule has 0 heterocycles. The number of rotatable bonds is 5. The van der Waals surface area contributed by atoms with Gasteiger partial charge in [0.25, 0.3) is 0 Å². The first-order valence-electron chi connectivity index (χ1n) is 5.10. The van der Waals surface area contributed by atoms with E-state index >= 15 is 0 Å². The predicted molar refractivity (Wildman–Crippen MR) is 67.0 cm³/mol. The minimum absolute atomic E-state index is 0.0374. The molecule has 0 aromatic heterocycles. The van der Waals surface area contributed by atoms with Crippen LogP contribution >= 0.6 is 0 Å². The zero-order valence-electron chi connectivity index (χ0n) is 9.88. The van der Waals surface area contributed by atoms with Crippen LogP contribution in [0.5, 0.6) is 0 Å². The summed E-state index contributed by atoms with van der Waals surface area (Å²) in [6.07, 6.45) is 5.29. The summed E-state index contributed by atoms with van der Waals surface area (Å²) in [5.74, 6) is 0. The normalized spacial score (nSPS) is 11.5. The number of nitrogens with one attached hydrogen (secondary N) is 1. The van der Waals surface area contributed by atoms with Crippen molar-refractivity contribution >= 4 is 5.71 Å². The highest BCUT2D eigenvalue weighted by molar-refractivity contribution is 6.01. The van der Waals surface area contributed by atoms with Crippen LogP contribution in [-0.2, 0) is 0 Å². The van der Waals surface area contributed by atoms with Gasteiger partial charge in [-0.2, -0.15) is 0 Å². The fraction of sp³-hybridized carbons (Fsp3) is 0.417. The van der Waals surface area contributed by atoms with Crippen molar-refractivity contribution in [3.63, 3.8) is 0 Å². The van der Waals surface area contributed by atoms with E-state index in [1.54, 1.807) is 25.2 Å². The average Bonchev–Trinajstić information content (AvgIpc) is 2.28. The molecule has 86 valence electrons. The lowest BCUT2D eigenvalue weighted by Crippen LogP contribution is -2.11. The van der Waals surface area contributed by atoms with E-state index in [9.17, 15) is 0 Å². The standard InChI is InChI=1S/C10H16N2O.C2H6/c1-3-5-8(9(11)4-2)10(12)6-7-13;1-2/h3-5,12-13H,1,6-7,11H2,2H3;1-2H3/b8-5+,9-4+,12-10?;. The highest BCUT2D eigenvalue weighted by atomic mass is 16.3. The van der Waals surface area contributed by atoms with Gasteiger partial charge in [0, 0.05) is 30.0 Å². The maximum absolute atomic E-state index is 8.65. The van der Waals surface area contributed by atoms with Crippen LogP contribution in [0.3, 0.4) is 0 Å². The molecule has 3 heteroatoms. The SMILES string of the molecule is C=C/C=C(C(=N)CCO)\C(N)=C/C.CC. The van der Waals surface area contributed by atoms with E-state index in [0.717, 1.165) is 0 Å². The second kappa shape index (κ2) is 10.7. The van der Waals surface area contributed by atoms with Gasteiger partial charge >= 0.3 is 0 Å². The van der Waals surface area contributed by atoms with Gasteiger partial charge in [0.05, 0.1) is 0 Å². The van der Waals surface area contributed by atoms with Crippen LogP contribution in [0.25, 0.3) is 0 Å². The summed E-state index contributed by atoms with van der Waals surface area (Å²) in [5.41, 5.74) is 7.16. The quantitative estimate of drug-likeness (QED) is 0.481. The third-order valence-electron chi connectivity index (χ3n) is 1.59. The van der Waals surface area contributed by atoms with Gasteiger partial charge in [0.1, 0.15) is 0 Å². The molecule has 0 unspecified atom stereocenters. The first kappa shape index (κ1) is 16.1. The first-order chi connectivity index (χ1) is 7.17. The molecule has 0 spiro atoms. The van der Waals surface area contributed by atoms with Crippen molar-refractivity contribution in [3.05, 3.63) is 36.1 Å². The molecule has 0 aliphatic carbocycles. The molecular weight excluding hydrogens is 188 g/mol. The summed E-state index contributed by atoms with van der Waals surface area (Å²) in [5, 5.41) is 16.2. The van der Waals surface area contributed by atoms with E-state index in [1.165, 1.54) is 0 Å². The van der Waals surface area contributed by atoms with E-state index in [0.29, 0.717) is 23.4 Å². The van der Waals surface area contributed by atoms with Crippen molar-refractivity contribution in [2.45, 2.75) is 27.2 Å². The summed E-state index contributed by atoms with van der Waals surface area (Å²) >= 11 is 0. The maximum Gasteiger partial charge on any atom is 0.0486 e. The van der Waals surface area contributed by atoms with Gasteiger partial charge in [-0.15, -0.1) is 0 Å². The van der Waals surface area contributed by atoms with Gasteiger partial charge in [0.2, 0.25) is 0 Å². The van der Waals surface area contributed by atoms with Gasteiger partial charge < -0.3 is 16.2 Å². The highest BCUT2D eigenvalue weighted by Gasteiger charge is 2.05. The van der Waals surface area contributed by atoms with Gasteiger partial charge in [-0.05, 0) is 6.92 Å². The van der Waals surface area contributed by atoms with E-state index in [4.69, 9.17) is 16.2 Å². The van der Waals surface area contributed by atoms with Crippen LogP contribution in [0.2, 0.25) is 0 Å². The fourth-order valence-corrected chi connectivity index (χ4v) is 0.891. The molecular formula is C12H22N2O. The van der Waals surface area contributed by atoms with Crippen molar-refractivity contribution in [3.8, 4) is 0 Å². The van der Waals surface area contributed by atoms with Gasteiger partial charge in [-0.1, -0.05) is 38.7 Å². The van der Waals surface area contributed by atoms with Crippen LogP contribution in [0.4, 0.5) is 0 Å². The van der Waals surface area contributed by atoms with Gasteiger partial charge in [-0.25, -0.2) is 0 Å². The predicted octanol–water partition coefficient (Wildman–Crippen LogP) is 2.39. The molecule has 3 nitrogen and oxygen atoms in total. The lowest BCUT2D eigenvalue weighted by molar-refractivity contribution is 0.307. The average molecular weight is 210 g/mol. The molecule has 0 aromatic carbocycles. The van der Waals surface area contributed by atoms with Crippen molar-refractivity contribution in [1.82, 2.24) is 0 Å². The zero-order valence-corrected chi connectivity index (χ0v) is 9.88. The molecule has 0 aliphatic rings. The molecule has 0 aromatic rings. The molecule has 0 saturated carbocycles. The number of hydrogen-bond acceptors (Lipinski definition) is 3. The molecule has 0 atom stereocenters. The van der Waals surface area contributed by atoms with Crippen LogP contribution < -0.4 is 5.73 Å². The van der Waals surface area contributed by atoms with Gasteiger partial charge in [0.15, 0.2) is 0 Å². The largest absolute Gasteiger partial charge is 0.398 e. The summed E-state index contributed by atoms with van der Waals surface area (Å²) in [6, 6.07) is 0. The Bertz CT molecular complexity index is 252. The van der Waals surface area contributed by atoms with Gasteiger partial charge in [-0.3, -0.25) is 0 Å². The molecule has 0 rings (SSSR count). The Kier molecular flexibility index (Phi) is 11.5. The zero-order chi connectivity index (χ0) is 12.3. The lowest BCUT2D eigenvalue weighted by atomic mass is 10.0. The minimum Gasteiger partial charge on any atom is -0.398 e. The Hall–Kier alpha value is -1.35. The van der Waals surface area contributed by atoms with Crippen molar-refractivity contribution in [1.29, 1.82) is 5.41 Å². The third kappa shape index (κ3) is 6.69. The van der Waals surface area contributed by atoms with Crippen LogP contribution in [0.15, 0.2) is 36.1 Å². The second-order valence-electron chi connectivity index (χ2n) is 2.51. The Morgan fingerprint density at radius 1 is 1.47 bits per heavy atom. The molecule has 0 aliphatic heterocycles. The second-order valence-corrected chi connectivity index (χ2v) is 2.51.